The Morgan fingerprint density at radius 3 is 2.94 bits per heavy atom. The summed E-state index contributed by atoms with van der Waals surface area (Å²) in [6.45, 7) is 0.605. The monoisotopic (exact) mass is 264 g/mol. The van der Waals surface area contributed by atoms with Gasteiger partial charge in [0.15, 0.2) is 0 Å². The van der Waals surface area contributed by atoms with E-state index < -0.39 is 5.97 Å². The summed E-state index contributed by atoms with van der Waals surface area (Å²) >= 11 is 1.57. The standard InChI is InChI=1S/C11H12N4O2S/c12-9-7(11(16)17)1-3-14-10(9)15-4-2-8-13-5-6-18-8/h1,3,5-6H,2,4,12H2,(H,14,15)(H,16,17). The van der Waals surface area contributed by atoms with E-state index >= 15 is 0 Å². The SMILES string of the molecule is Nc1c(C(=O)O)ccnc1NCCc1nccs1. The predicted octanol–water partition coefficient (Wildman–Crippen LogP) is 1.47. The lowest BCUT2D eigenvalue weighted by Gasteiger charge is -2.08. The van der Waals surface area contributed by atoms with Crippen molar-refractivity contribution in [2.24, 2.45) is 0 Å². The maximum Gasteiger partial charge on any atom is 0.337 e. The van der Waals surface area contributed by atoms with Crippen molar-refractivity contribution in [2.45, 2.75) is 6.42 Å². The van der Waals surface area contributed by atoms with Gasteiger partial charge >= 0.3 is 5.97 Å². The zero-order valence-corrected chi connectivity index (χ0v) is 10.3. The first-order chi connectivity index (χ1) is 8.68. The molecule has 2 rings (SSSR count). The fourth-order valence-electron chi connectivity index (χ4n) is 1.46. The second-order valence-corrected chi connectivity index (χ2v) is 4.51. The highest BCUT2D eigenvalue weighted by Crippen LogP contribution is 2.19. The van der Waals surface area contributed by atoms with E-state index in [1.54, 1.807) is 17.5 Å². The molecule has 0 aliphatic carbocycles. The van der Waals surface area contributed by atoms with Gasteiger partial charge in [-0.05, 0) is 6.07 Å². The van der Waals surface area contributed by atoms with E-state index in [1.807, 2.05) is 5.38 Å². The fourth-order valence-corrected chi connectivity index (χ4v) is 2.09. The van der Waals surface area contributed by atoms with Gasteiger partial charge in [-0.3, -0.25) is 0 Å². The molecule has 7 heteroatoms. The topological polar surface area (TPSA) is 101 Å². The Bertz CT molecular complexity index is 542. The summed E-state index contributed by atoms with van der Waals surface area (Å²) < 4.78 is 0. The molecule has 0 spiro atoms. The Morgan fingerprint density at radius 1 is 1.44 bits per heavy atom. The second-order valence-electron chi connectivity index (χ2n) is 3.53. The summed E-state index contributed by atoms with van der Waals surface area (Å²) in [5, 5.41) is 14.9. The summed E-state index contributed by atoms with van der Waals surface area (Å²) in [7, 11) is 0. The number of hydrogen-bond donors (Lipinski definition) is 3. The minimum absolute atomic E-state index is 0.0572. The highest BCUT2D eigenvalue weighted by Gasteiger charge is 2.11. The van der Waals surface area contributed by atoms with Crippen LogP contribution in [0.5, 0.6) is 0 Å². The van der Waals surface area contributed by atoms with E-state index in [2.05, 4.69) is 15.3 Å². The van der Waals surface area contributed by atoms with Crippen LogP contribution in [-0.4, -0.2) is 27.6 Å². The van der Waals surface area contributed by atoms with Crippen molar-refractivity contribution in [2.75, 3.05) is 17.6 Å². The van der Waals surface area contributed by atoms with Gasteiger partial charge in [0.05, 0.1) is 16.3 Å². The molecule has 0 aromatic carbocycles. The molecule has 0 radical (unpaired) electrons. The third-order valence-corrected chi connectivity index (χ3v) is 3.17. The van der Waals surface area contributed by atoms with Crippen molar-refractivity contribution >= 4 is 28.8 Å². The maximum atomic E-state index is 10.9. The number of nitrogen functional groups attached to an aromatic ring is 1. The summed E-state index contributed by atoms with van der Waals surface area (Å²) in [5.41, 5.74) is 5.94. The van der Waals surface area contributed by atoms with Crippen molar-refractivity contribution in [1.29, 1.82) is 0 Å². The number of rotatable bonds is 5. The van der Waals surface area contributed by atoms with Crippen molar-refractivity contribution in [1.82, 2.24) is 9.97 Å². The number of hydrogen-bond acceptors (Lipinski definition) is 6. The second kappa shape index (κ2) is 5.46. The van der Waals surface area contributed by atoms with E-state index in [9.17, 15) is 4.79 Å². The highest BCUT2D eigenvalue weighted by atomic mass is 32.1. The lowest BCUT2D eigenvalue weighted by atomic mass is 10.2. The molecule has 0 amide bonds. The number of aromatic nitrogens is 2. The smallest absolute Gasteiger partial charge is 0.337 e. The van der Waals surface area contributed by atoms with Crippen molar-refractivity contribution < 1.29 is 9.90 Å². The average molecular weight is 264 g/mol. The molecule has 0 aliphatic rings. The number of nitrogens with zero attached hydrogens (tertiary/aromatic N) is 2. The normalized spacial score (nSPS) is 10.2. The zero-order valence-electron chi connectivity index (χ0n) is 9.46. The molecule has 0 unspecified atom stereocenters. The van der Waals surface area contributed by atoms with E-state index in [4.69, 9.17) is 10.8 Å². The third-order valence-electron chi connectivity index (χ3n) is 2.34. The van der Waals surface area contributed by atoms with Crippen molar-refractivity contribution in [3.63, 3.8) is 0 Å². The minimum Gasteiger partial charge on any atom is -0.478 e. The number of carboxylic acid groups (broad SMARTS) is 1. The highest BCUT2D eigenvalue weighted by molar-refractivity contribution is 7.09. The first-order valence-corrected chi connectivity index (χ1v) is 6.16. The molecule has 0 bridgehead atoms. The molecular weight excluding hydrogens is 252 g/mol. The Kier molecular flexibility index (Phi) is 3.73. The van der Waals surface area contributed by atoms with Crippen molar-refractivity contribution in [3.8, 4) is 0 Å². The minimum atomic E-state index is -1.06. The first-order valence-electron chi connectivity index (χ1n) is 5.28. The Balaban J connectivity index is 2.01. The van der Waals surface area contributed by atoms with Gasteiger partial charge in [0.2, 0.25) is 0 Å². The summed E-state index contributed by atoms with van der Waals surface area (Å²) in [4.78, 5) is 19.1. The first kappa shape index (κ1) is 12.3. The van der Waals surface area contributed by atoms with Gasteiger partial charge in [-0.15, -0.1) is 11.3 Å². The van der Waals surface area contributed by atoms with E-state index in [0.29, 0.717) is 12.4 Å². The van der Waals surface area contributed by atoms with Gasteiger partial charge in [0.1, 0.15) is 5.82 Å². The van der Waals surface area contributed by atoms with Crippen molar-refractivity contribution in [3.05, 3.63) is 34.4 Å². The third kappa shape index (κ3) is 2.75. The van der Waals surface area contributed by atoms with Crippen LogP contribution in [0.4, 0.5) is 11.5 Å². The van der Waals surface area contributed by atoms with Crippen LogP contribution in [0.1, 0.15) is 15.4 Å². The molecule has 2 heterocycles. The van der Waals surface area contributed by atoms with Crippen LogP contribution in [0, 0.1) is 0 Å². The van der Waals surface area contributed by atoms with Crippen LogP contribution in [0.25, 0.3) is 0 Å². The number of thiazole rings is 1. The van der Waals surface area contributed by atoms with Gasteiger partial charge in [-0.25, -0.2) is 14.8 Å². The van der Waals surface area contributed by atoms with Gasteiger partial charge in [0.25, 0.3) is 0 Å². The summed E-state index contributed by atoms with van der Waals surface area (Å²) in [6, 6.07) is 1.38. The summed E-state index contributed by atoms with van der Waals surface area (Å²) in [5.74, 6) is -0.663. The molecule has 6 nitrogen and oxygen atoms in total. The van der Waals surface area contributed by atoms with Crippen LogP contribution < -0.4 is 11.1 Å². The Hall–Kier alpha value is -2.15. The number of nitrogens with one attached hydrogen (secondary N) is 1. The number of carbonyl (C=O) groups is 1. The predicted molar refractivity (Wildman–Crippen MR) is 69.9 cm³/mol. The molecule has 0 aliphatic heterocycles. The van der Waals surface area contributed by atoms with Crippen LogP contribution >= 0.6 is 11.3 Å². The molecule has 94 valence electrons. The molecule has 4 N–H and O–H groups in total. The zero-order chi connectivity index (χ0) is 13.0. The molecule has 0 saturated heterocycles. The Labute approximate surface area is 108 Å². The van der Waals surface area contributed by atoms with E-state index in [0.717, 1.165) is 11.4 Å². The average Bonchev–Trinajstić information content (AvgIpc) is 2.84. The fraction of sp³-hybridized carbons (Fsp3) is 0.182. The molecule has 0 saturated carbocycles. The number of aromatic carboxylic acids is 1. The van der Waals surface area contributed by atoms with Gasteiger partial charge in [-0.1, -0.05) is 0 Å². The summed E-state index contributed by atoms with van der Waals surface area (Å²) in [6.07, 6.45) is 3.92. The van der Waals surface area contributed by atoms with E-state index in [1.165, 1.54) is 12.3 Å². The quantitative estimate of drug-likeness (QED) is 0.756. The number of carboxylic acids is 1. The van der Waals surface area contributed by atoms with Crippen LogP contribution in [-0.2, 0) is 6.42 Å². The molecule has 0 atom stereocenters. The molecule has 0 fully saturated rings. The number of anilines is 2. The van der Waals surface area contributed by atoms with E-state index in [-0.39, 0.29) is 11.3 Å². The van der Waals surface area contributed by atoms with Crippen LogP contribution in [0.3, 0.4) is 0 Å². The lowest BCUT2D eigenvalue weighted by molar-refractivity contribution is 0.0698. The van der Waals surface area contributed by atoms with Crippen LogP contribution in [0.2, 0.25) is 0 Å². The van der Waals surface area contributed by atoms with Crippen LogP contribution in [0.15, 0.2) is 23.8 Å². The Morgan fingerprint density at radius 2 is 2.28 bits per heavy atom. The molecule has 2 aromatic heterocycles. The van der Waals surface area contributed by atoms with Gasteiger partial charge in [0, 0.05) is 30.7 Å². The molecule has 2 aromatic rings. The lowest BCUT2D eigenvalue weighted by Crippen LogP contribution is -2.11. The van der Waals surface area contributed by atoms with Gasteiger partial charge in [-0.2, -0.15) is 0 Å². The molecular formula is C11H12N4O2S. The maximum absolute atomic E-state index is 10.9. The molecule has 18 heavy (non-hydrogen) atoms. The number of pyridine rings is 1. The largest absolute Gasteiger partial charge is 0.478 e. The van der Waals surface area contributed by atoms with Gasteiger partial charge < -0.3 is 16.2 Å². The number of nitrogens with two attached hydrogens (primary N) is 1.